The molecule has 0 aromatic carbocycles. The highest BCUT2D eigenvalue weighted by molar-refractivity contribution is 5.78. The first-order valence-corrected chi connectivity index (χ1v) is 3.73. The molecular weight excluding hydrogens is 150 g/mol. The minimum absolute atomic E-state index is 0.869. The van der Waals surface area contributed by atoms with Crippen LogP contribution in [0.1, 0.15) is 5.56 Å². The average molecular weight is 155 g/mol. The Morgan fingerprint density at radius 2 is 2.25 bits per heavy atom. The van der Waals surface area contributed by atoms with Crippen LogP contribution in [-0.2, 0) is 0 Å². The summed E-state index contributed by atoms with van der Waals surface area (Å²) < 4.78 is 0. The predicted octanol–water partition coefficient (Wildman–Crippen LogP) is 0.182. The largest absolute Gasteiger partial charge is 0.254 e. The fourth-order valence-corrected chi connectivity index (χ4v) is 1.43. The van der Waals surface area contributed by atoms with Gasteiger partial charge in [0.2, 0.25) is 0 Å². The van der Waals surface area contributed by atoms with Gasteiger partial charge in [-0.3, -0.25) is 4.98 Å². The van der Waals surface area contributed by atoms with Crippen LogP contribution in [0.15, 0.2) is 22.3 Å². The molecule has 3 rings (SSSR count). The van der Waals surface area contributed by atoms with Gasteiger partial charge in [-0.1, -0.05) is 12.2 Å². The number of fused-ring (bicyclic) bond motifs is 3. The molecule has 2 aliphatic rings. The van der Waals surface area contributed by atoms with E-state index in [4.69, 9.17) is 0 Å². The van der Waals surface area contributed by atoms with Crippen LogP contribution in [0, 0.1) is 0 Å². The van der Waals surface area contributed by atoms with Crippen LogP contribution < -0.4 is 10.7 Å². The van der Waals surface area contributed by atoms with Crippen LogP contribution in [0.25, 0.3) is 12.2 Å². The van der Waals surface area contributed by atoms with Gasteiger partial charge in [0, 0.05) is 5.56 Å². The highest BCUT2D eigenvalue weighted by Crippen LogP contribution is 2.15. The summed E-state index contributed by atoms with van der Waals surface area (Å²) in [4.78, 5) is 12.5. The number of allylic oxidation sites excluding steroid dienone is 1. The summed E-state index contributed by atoms with van der Waals surface area (Å²) in [7, 11) is 0. The maximum absolute atomic E-state index is 4.24. The van der Waals surface area contributed by atoms with Crippen LogP contribution in [0.4, 0.5) is 5.69 Å². The summed E-state index contributed by atoms with van der Waals surface area (Å²) in [6.45, 7) is 0. The zero-order valence-corrected chi connectivity index (χ0v) is 6.23. The van der Waals surface area contributed by atoms with Gasteiger partial charge >= 0.3 is 0 Å². The lowest BCUT2D eigenvalue weighted by molar-refractivity contribution is 1.20. The van der Waals surface area contributed by atoms with Crippen molar-refractivity contribution in [2.45, 2.75) is 0 Å². The quantitative estimate of drug-likeness (QED) is 0.526. The number of nitrogens with zero attached hydrogens (tertiary/aromatic N) is 3. The number of aliphatic imine (C=N–C) groups is 1. The lowest BCUT2D eigenvalue weighted by Crippen LogP contribution is -2.14. The van der Waals surface area contributed by atoms with Crippen LogP contribution in [-0.4, -0.2) is 11.3 Å². The summed E-state index contributed by atoms with van der Waals surface area (Å²) in [6, 6.07) is 0. The molecule has 0 unspecified atom stereocenters. The molecule has 1 aliphatic heterocycles. The molecule has 3 heteroatoms. The lowest BCUT2D eigenvalue weighted by Gasteiger charge is -1.93. The van der Waals surface area contributed by atoms with Gasteiger partial charge in [0.25, 0.3) is 0 Å². The Balaban J connectivity index is 2.57. The minimum atomic E-state index is 0.869. The molecule has 0 atom stereocenters. The molecule has 12 heavy (non-hydrogen) atoms. The third-order valence-electron chi connectivity index (χ3n) is 2.00. The van der Waals surface area contributed by atoms with Crippen LogP contribution in [0.3, 0.4) is 0 Å². The molecule has 2 heterocycles. The average Bonchev–Trinajstić information content (AvgIpc) is 2.71. The number of rotatable bonds is 0. The second kappa shape index (κ2) is 1.88. The Morgan fingerprint density at radius 3 is 3.25 bits per heavy atom. The van der Waals surface area contributed by atoms with E-state index in [-0.39, 0.29) is 0 Å². The number of hydrogen-bond donors (Lipinski definition) is 0. The molecule has 1 aliphatic carbocycles. The van der Waals surface area contributed by atoms with Crippen molar-refractivity contribution in [2.75, 3.05) is 0 Å². The first-order chi connectivity index (χ1) is 5.95. The van der Waals surface area contributed by atoms with E-state index in [1.807, 2.05) is 18.2 Å². The van der Waals surface area contributed by atoms with Crippen LogP contribution in [0.5, 0.6) is 0 Å². The highest BCUT2D eigenvalue weighted by Gasteiger charge is 2.08. The summed E-state index contributed by atoms with van der Waals surface area (Å²) in [6.07, 6.45) is 9.29. The zero-order valence-electron chi connectivity index (χ0n) is 6.23. The number of aromatic nitrogens is 1. The van der Waals surface area contributed by atoms with E-state index in [0.29, 0.717) is 0 Å². The standard InChI is InChI=1S/C9H5N3/c1-2-6-7(3-1)10-4-8-9(6)12-5-11-8/h1-5H. The lowest BCUT2D eigenvalue weighted by atomic mass is 10.2. The highest BCUT2D eigenvalue weighted by atomic mass is 14.9. The van der Waals surface area contributed by atoms with E-state index < -0.39 is 0 Å². The molecule has 0 bridgehead atoms. The minimum Gasteiger partial charge on any atom is -0.254 e. The van der Waals surface area contributed by atoms with Crippen molar-refractivity contribution in [3.8, 4) is 0 Å². The van der Waals surface area contributed by atoms with Crippen molar-refractivity contribution in [3.63, 3.8) is 0 Å². The summed E-state index contributed by atoms with van der Waals surface area (Å²) in [5.74, 6) is 0. The fraction of sp³-hybridized carbons (Fsp3) is 0. The van der Waals surface area contributed by atoms with Gasteiger partial charge in [-0.25, -0.2) is 9.98 Å². The zero-order chi connectivity index (χ0) is 7.97. The Labute approximate surface area is 68.5 Å². The SMILES string of the molecule is C1=Cc2c3c(cnc2=C1)=NC=N3. The first-order valence-electron chi connectivity index (χ1n) is 3.73. The van der Waals surface area contributed by atoms with E-state index in [9.17, 15) is 0 Å². The predicted molar refractivity (Wildman–Crippen MR) is 46.7 cm³/mol. The monoisotopic (exact) mass is 155 g/mol. The summed E-state index contributed by atoms with van der Waals surface area (Å²) in [5, 5.41) is 1.86. The fourth-order valence-electron chi connectivity index (χ4n) is 1.43. The van der Waals surface area contributed by atoms with Crippen molar-refractivity contribution in [3.05, 3.63) is 28.5 Å². The molecule has 3 nitrogen and oxygen atoms in total. The molecule has 0 N–H and O–H groups in total. The molecule has 0 fully saturated rings. The second-order valence-corrected chi connectivity index (χ2v) is 2.69. The van der Waals surface area contributed by atoms with Gasteiger partial charge in [-0.05, 0) is 6.08 Å². The summed E-state index contributed by atoms with van der Waals surface area (Å²) in [5.41, 5.74) is 2.04. The van der Waals surface area contributed by atoms with Crippen molar-refractivity contribution >= 4 is 24.2 Å². The maximum Gasteiger partial charge on any atom is 0.117 e. The van der Waals surface area contributed by atoms with E-state index in [1.54, 1.807) is 12.5 Å². The third-order valence-corrected chi connectivity index (χ3v) is 2.00. The smallest absolute Gasteiger partial charge is 0.117 e. The first kappa shape index (κ1) is 5.83. The molecule has 56 valence electrons. The number of pyridine rings is 1. The normalized spacial score (nSPS) is 15.3. The molecule has 0 saturated carbocycles. The molecule has 1 aromatic heterocycles. The third kappa shape index (κ3) is 0.580. The van der Waals surface area contributed by atoms with Gasteiger partial charge in [-0.2, -0.15) is 0 Å². The van der Waals surface area contributed by atoms with E-state index in [2.05, 4.69) is 15.0 Å². The molecule has 0 saturated heterocycles. The topological polar surface area (TPSA) is 37.6 Å². The molecule has 0 amide bonds. The number of hydrogen-bond acceptors (Lipinski definition) is 3. The van der Waals surface area contributed by atoms with Crippen LogP contribution in [0.2, 0.25) is 0 Å². The molecular formula is C9H5N3. The summed E-state index contributed by atoms with van der Waals surface area (Å²) >= 11 is 0. The maximum atomic E-state index is 4.24. The van der Waals surface area contributed by atoms with E-state index in [1.165, 1.54) is 0 Å². The van der Waals surface area contributed by atoms with E-state index in [0.717, 1.165) is 22.0 Å². The van der Waals surface area contributed by atoms with Gasteiger partial charge in [-0.15, -0.1) is 0 Å². The second-order valence-electron chi connectivity index (χ2n) is 2.69. The van der Waals surface area contributed by atoms with Crippen molar-refractivity contribution < 1.29 is 0 Å². The Morgan fingerprint density at radius 1 is 1.25 bits per heavy atom. The Kier molecular flexibility index (Phi) is 0.913. The van der Waals surface area contributed by atoms with Gasteiger partial charge in [0.15, 0.2) is 0 Å². The van der Waals surface area contributed by atoms with Gasteiger partial charge in [0.05, 0.1) is 11.5 Å². The van der Waals surface area contributed by atoms with Crippen molar-refractivity contribution in [1.29, 1.82) is 0 Å². The van der Waals surface area contributed by atoms with Crippen LogP contribution >= 0.6 is 0 Å². The molecule has 0 spiro atoms. The molecule has 0 radical (unpaired) electrons. The molecule has 1 aromatic rings. The van der Waals surface area contributed by atoms with Crippen molar-refractivity contribution in [1.82, 2.24) is 4.98 Å². The van der Waals surface area contributed by atoms with E-state index >= 15 is 0 Å². The van der Waals surface area contributed by atoms with Crippen molar-refractivity contribution in [2.24, 2.45) is 9.98 Å². The Hall–Kier alpha value is -1.77. The Bertz CT molecular complexity index is 474. The van der Waals surface area contributed by atoms with Gasteiger partial charge < -0.3 is 0 Å². The van der Waals surface area contributed by atoms with Gasteiger partial charge in [0.1, 0.15) is 17.4 Å².